The number of aromatic hydroxyl groups is 2. The van der Waals surface area contributed by atoms with Gasteiger partial charge in [-0.2, -0.15) is 0 Å². The van der Waals surface area contributed by atoms with Crippen molar-refractivity contribution in [3.8, 4) is 28.7 Å². The maximum absolute atomic E-state index is 12.8. The lowest BCUT2D eigenvalue weighted by molar-refractivity contribution is -0.138. The van der Waals surface area contributed by atoms with Crippen molar-refractivity contribution in [3.63, 3.8) is 0 Å². The van der Waals surface area contributed by atoms with E-state index in [1.54, 1.807) is 25.1 Å². The molecule has 2 rings (SSSR count). The first-order chi connectivity index (χ1) is 13.8. The van der Waals surface area contributed by atoms with Gasteiger partial charge in [-0.15, -0.1) is 0 Å². The number of ketones is 1. The molecule has 0 spiro atoms. The van der Waals surface area contributed by atoms with Crippen LogP contribution in [0, 0.1) is 5.92 Å². The van der Waals surface area contributed by atoms with E-state index in [0.29, 0.717) is 6.42 Å². The lowest BCUT2D eigenvalue weighted by atomic mass is 10.0. The van der Waals surface area contributed by atoms with Crippen molar-refractivity contribution >= 4 is 17.8 Å². The zero-order valence-electron chi connectivity index (χ0n) is 16.8. The van der Waals surface area contributed by atoms with E-state index in [2.05, 4.69) is 0 Å². The molecule has 1 atom stereocenters. The maximum Gasteiger partial charge on any atom is 0.314 e. The van der Waals surface area contributed by atoms with E-state index in [-0.39, 0.29) is 17.1 Å². The molecular formula is C22H24O7. The van der Waals surface area contributed by atoms with E-state index in [0.717, 1.165) is 5.56 Å². The summed E-state index contributed by atoms with van der Waals surface area (Å²) in [4.78, 5) is 25.1. The minimum absolute atomic E-state index is 0.264. The Bertz CT molecular complexity index is 917. The van der Waals surface area contributed by atoms with Crippen molar-refractivity contribution in [1.29, 1.82) is 0 Å². The summed E-state index contributed by atoms with van der Waals surface area (Å²) in [5.74, 6) is -3.99. The van der Waals surface area contributed by atoms with E-state index in [1.165, 1.54) is 20.3 Å². The van der Waals surface area contributed by atoms with Gasteiger partial charge in [0.2, 0.25) is 17.2 Å². The number of hydrogen-bond donors (Lipinski definition) is 2. The lowest BCUT2D eigenvalue weighted by Gasteiger charge is -2.19. The standard InChI is InChI=1S/C22H24O7/c1-5-13(2)22(26)29-21-18(25)20(28-4)17(24)16(19(21)27-3)15(23)12-11-14-9-7-6-8-10-14/h6-13,24-25H,5H2,1-4H3. The second kappa shape index (κ2) is 9.64. The molecule has 0 radical (unpaired) electrons. The van der Waals surface area contributed by atoms with Crippen molar-refractivity contribution in [2.24, 2.45) is 5.92 Å². The van der Waals surface area contributed by atoms with Crippen LogP contribution >= 0.6 is 0 Å². The second-order valence-corrected chi connectivity index (χ2v) is 6.31. The SMILES string of the molecule is CCC(C)C(=O)Oc1c(O)c(OC)c(O)c(C(=O)C=Cc2ccccc2)c1OC. The third kappa shape index (κ3) is 4.68. The molecule has 0 fully saturated rings. The number of allylic oxidation sites excluding steroid dienone is 1. The van der Waals surface area contributed by atoms with Crippen LogP contribution in [0.5, 0.6) is 28.7 Å². The Morgan fingerprint density at radius 2 is 1.62 bits per heavy atom. The Morgan fingerprint density at radius 1 is 1.00 bits per heavy atom. The van der Waals surface area contributed by atoms with Gasteiger partial charge in [-0.3, -0.25) is 9.59 Å². The van der Waals surface area contributed by atoms with Crippen molar-refractivity contribution < 1.29 is 34.0 Å². The number of methoxy groups -OCH3 is 2. The van der Waals surface area contributed by atoms with Crippen LogP contribution in [0.2, 0.25) is 0 Å². The van der Waals surface area contributed by atoms with Gasteiger partial charge < -0.3 is 24.4 Å². The predicted octanol–water partition coefficient (Wildman–Crippen LogP) is 3.96. The summed E-state index contributed by atoms with van der Waals surface area (Å²) in [7, 11) is 2.44. The average molecular weight is 400 g/mol. The molecule has 7 nitrogen and oxygen atoms in total. The predicted molar refractivity (Wildman–Crippen MR) is 108 cm³/mol. The van der Waals surface area contributed by atoms with Crippen LogP contribution in [0.25, 0.3) is 6.08 Å². The van der Waals surface area contributed by atoms with E-state index in [1.807, 2.05) is 25.1 Å². The van der Waals surface area contributed by atoms with Crippen molar-refractivity contribution in [2.75, 3.05) is 14.2 Å². The molecular weight excluding hydrogens is 376 g/mol. The molecule has 0 saturated carbocycles. The third-order valence-corrected chi connectivity index (χ3v) is 4.41. The second-order valence-electron chi connectivity index (χ2n) is 6.31. The highest BCUT2D eigenvalue weighted by Gasteiger charge is 2.31. The summed E-state index contributed by atoms with van der Waals surface area (Å²) in [6.07, 6.45) is 3.32. The van der Waals surface area contributed by atoms with Gasteiger partial charge in [0.05, 0.1) is 20.1 Å². The first-order valence-corrected chi connectivity index (χ1v) is 9.04. The highest BCUT2D eigenvalue weighted by molar-refractivity contribution is 6.12. The Morgan fingerprint density at radius 3 is 2.17 bits per heavy atom. The average Bonchev–Trinajstić information content (AvgIpc) is 2.73. The van der Waals surface area contributed by atoms with E-state index in [4.69, 9.17) is 14.2 Å². The quantitative estimate of drug-likeness (QED) is 0.299. The molecule has 154 valence electrons. The topological polar surface area (TPSA) is 102 Å². The van der Waals surface area contributed by atoms with Crippen LogP contribution in [0.4, 0.5) is 0 Å². The van der Waals surface area contributed by atoms with Gasteiger partial charge >= 0.3 is 5.97 Å². The fourth-order valence-electron chi connectivity index (χ4n) is 2.56. The normalized spacial score (nSPS) is 11.9. The molecule has 2 aromatic carbocycles. The van der Waals surface area contributed by atoms with Crippen LogP contribution in [-0.4, -0.2) is 36.2 Å². The van der Waals surface area contributed by atoms with Gasteiger partial charge in [0.1, 0.15) is 5.56 Å². The van der Waals surface area contributed by atoms with Gasteiger partial charge in [-0.25, -0.2) is 0 Å². The number of ether oxygens (including phenoxy) is 3. The summed E-state index contributed by atoms with van der Waals surface area (Å²) >= 11 is 0. The fourth-order valence-corrected chi connectivity index (χ4v) is 2.56. The molecule has 29 heavy (non-hydrogen) atoms. The Labute approximate surface area is 169 Å². The number of hydrogen-bond acceptors (Lipinski definition) is 7. The van der Waals surface area contributed by atoms with Gasteiger partial charge in [-0.1, -0.05) is 50.3 Å². The van der Waals surface area contributed by atoms with Crippen LogP contribution in [-0.2, 0) is 4.79 Å². The summed E-state index contributed by atoms with van der Waals surface area (Å²) in [6, 6.07) is 9.09. The molecule has 0 saturated heterocycles. The Kier molecular flexibility index (Phi) is 7.25. The summed E-state index contributed by atoms with van der Waals surface area (Å²) in [5, 5.41) is 20.9. The first-order valence-electron chi connectivity index (χ1n) is 9.04. The number of phenols is 2. The van der Waals surface area contributed by atoms with Crippen LogP contribution in [0.3, 0.4) is 0 Å². The number of carbonyl (C=O) groups is 2. The fraction of sp³-hybridized carbons (Fsp3) is 0.273. The summed E-state index contributed by atoms with van der Waals surface area (Å²) < 4.78 is 15.5. The maximum atomic E-state index is 12.8. The van der Waals surface area contributed by atoms with E-state index in [9.17, 15) is 19.8 Å². The van der Waals surface area contributed by atoms with Crippen LogP contribution in [0.1, 0.15) is 36.2 Å². The first kappa shape index (κ1) is 21.8. The molecule has 0 bridgehead atoms. The van der Waals surface area contributed by atoms with Crippen molar-refractivity contribution in [3.05, 3.63) is 47.5 Å². The van der Waals surface area contributed by atoms with Gasteiger partial charge in [0, 0.05) is 0 Å². The van der Waals surface area contributed by atoms with Gasteiger partial charge in [-0.05, 0) is 18.1 Å². The Balaban J connectivity index is 2.58. The molecule has 0 aromatic heterocycles. The lowest BCUT2D eigenvalue weighted by Crippen LogP contribution is -2.18. The molecule has 2 N–H and O–H groups in total. The highest BCUT2D eigenvalue weighted by atomic mass is 16.6. The van der Waals surface area contributed by atoms with Crippen LogP contribution in [0.15, 0.2) is 36.4 Å². The number of carbonyl (C=O) groups excluding carboxylic acids is 2. The molecule has 7 heteroatoms. The van der Waals surface area contributed by atoms with Gasteiger partial charge in [0.25, 0.3) is 0 Å². The monoisotopic (exact) mass is 400 g/mol. The zero-order valence-corrected chi connectivity index (χ0v) is 16.8. The van der Waals surface area contributed by atoms with Crippen molar-refractivity contribution in [2.45, 2.75) is 20.3 Å². The number of esters is 1. The van der Waals surface area contributed by atoms with Gasteiger partial charge in [0.15, 0.2) is 17.3 Å². The molecule has 0 aliphatic rings. The molecule has 0 aliphatic carbocycles. The smallest absolute Gasteiger partial charge is 0.314 e. The third-order valence-electron chi connectivity index (χ3n) is 4.41. The number of rotatable bonds is 8. The molecule has 1 unspecified atom stereocenters. The van der Waals surface area contributed by atoms with E-state index < -0.39 is 34.9 Å². The Hall–Kier alpha value is -3.48. The largest absolute Gasteiger partial charge is 0.504 e. The molecule has 2 aromatic rings. The highest BCUT2D eigenvalue weighted by Crippen LogP contribution is 2.52. The summed E-state index contributed by atoms with van der Waals surface area (Å²) in [6.45, 7) is 3.47. The van der Waals surface area contributed by atoms with Crippen LogP contribution < -0.4 is 14.2 Å². The number of benzene rings is 2. The number of phenolic OH excluding ortho intramolecular Hbond substituents is 2. The molecule has 0 heterocycles. The zero-order chi connectivity index (χ0) is 21.6. The summed E-state index contributed by atoms with van der Waals surface area (Å²) in [5.41, 5.74) is 0.481. The van der Waals surface area contributed by atoms with E-state index >= 15 is 0 Å². The minimum atomic E-state index is -0.637. The minimum Gasteiger partial charge on any atom is -0.504 e. The van der Waals surface area contributed by atoms with Crippen molar-refractivity contribution in [1.82, 2.24) is 0 Å². The molecule has 0 aliphatic heterocycles. The molecule has 0 amide bonds.